The second kappa shape index (κ2) is 7.94. The Morgan fingerprint density at radius 2 is 1.71 bits per heavy atom. The molecular formula is C18H35N3. The summed E-state index contributed by atoms with van der Waals surface area (Å²) in [6, 6.07) is 0.832. The van der Waals surface area contributed by atoms with E-state index in [1.807, 2.05) is 0 Å². The molecule has 3 heterocycles. The molecule has 0 bridgehead atoms. The molecule has 0 aromatic rings. The summed E-state index contributed by atoms with van der Waals surface area (Å²) < 4.78 is 0. The highest BCUT2D eigenvalue weighted by molar-refractivity contribution is 4.82. The lowest BCUT2D eigenvalue weighted by molar-refractivity contribution is 0.0841. The second-order valence-corrected chi connectivity index (χ2v) is 7.80. The molecule has 0 spiro atoms. The van der Waals surface area contributed by atoms with Crippen molar-refractivity contribution in [3.8, 4) is 0 Å². The highest BCUT2D eigenvalue weighted by Crippen LogP contribution is 2.24. The first-order chi connectivity index (χ1) is 10.3. The topological polar surface area (TPSA) is 18.5 Å². The van der Waals surface area contributed by atoms with Crippen LogP contribution in [0.1, 0.15) is 51.9 Å². The minimum absolute atomic E-state index is 0.832. The molecule has 3 fully saturated rings. The largest absolute Gasteiger partial charge is 0.317 e. The van der Waals surface area contributed by atoms with Crippen molar-refractivity contribution in [2.24, 2.45) is 11.8 Å². The third-order valence-electron chi connectivity index (χ3n) is 6.01. The van der Waals surface area contributed by atoms with Crippen LogP contribution in [0.2, 0.25) is 0 Å². The smallest absolute Gasteiger partial charge is 0.00670 e. The summed E-state index contributed by atoms with van der Waals surface area (Å²) in [7, 11) is 0. The third-order valence-corrected chi connectivity index (χ3v) is 6.01. The third kappa shape index (κ3) is 4.67. The van der Waals surface area contributed by atoms with E-state index in [9.17, 15) is 0 Å². The van der Waals surface area contributed by atoms with Gasteiger partial charge in [0.05, 0.1) is 0 Å². The van der Waals surface area contributed by atoms with E-state index in [-0.39, 0.29) is 0 Å². The van der Waals surface area contributed by atoms with Gasteiger partial charge in [-0.1, -0.05) is 6.42 Å². The van der Waals surface area contributed by atoms with Crippen molar-refractivity contribution in [2.45, 2.75) is 57.9 Å². The molecule has 3 rings (SSSR count). The summed E-state index contributed by atoms with van der Waals surface area (Å²) in [5, 5.41) is 3.49. The van der Waals surface area contributed by atoms with E-state index in [2.05, 4.69) is 22.0 Å². The Kier molecular flexibility index (Phi) is 5.96. The van der Waals surface area contributed by atoms with Crippen molar-refractivity contribution in [3.63, 3.8) is 0 Å². The van der Waals surface area contributed by atoms with Gasteiger partial charge in [0.1, 0.15) is 0 Å². The fourth-order valence-electron chi connectivity index (χ4n) is 4.66. The molecule has 0 aromatic carbocycles. The lowest BCUT2D eigenvalue weighted by Crippen LogP contribution is -2.46. The fourth-order valence-corrected chi connectivity index (χ4v) is 4.66. The van der Waals surface area contributed by atoms with Crippen LogP contribution in [0, 0.1) is 11.8 Å². The SMILES string of the molecule is CC1CCCCN1CC1CCCN(CC2CCNCC2)C1. The number of hydrogen-bond donors (Lipinski definition) is 1. The molecule has 0 aliphatic carbocycles. The maximum absolute atomic E-state index is 3.49. The normalized spacial score (nSPS) is 34.1. The van der Waals surface area contributed by atoms with Gasteiger partial charge in [0.25, 0.3) is 0 Å². The number of piperidine rings is 3. The molecule has 0 aromatic heterocycles. The molecule has 2 unspecified atom stereocenters. The van der Waals surface area contributed by atoms with Gasteiger partial charge in [-0.25, -0.2) is 0 Å². The summed E-state index contributed by atoms with van der Waals surface area (Å²) in [4.78, 5) is 5.57. The lowest BCUT2D eigenvalue weighted by Gasteiger charge is -2.40. The van der Waals surface area contributed by atoms with Crippen molar-refractivity contribution in [2.75, 3.05) is 45.8 Å². The molecule has 2 atom stereocenters. The number of likely N-dealkylation sites (tertiary alicyclic amines) is 2. The molecular weight excluding hydrogens is 258 g/mol. The van der Waals surface area contributed by atoms with Crippen LogP contribution in [0.3, 0.4) is 0 Å². The maximum Gasteiger partial charge on any atom is 0.00670 e. The van der Waals surface area contributed by atoms with Gasteiger partial charge >= 0.3 is 0 Å². The van der Waals surface area contributed by atoms with Crippen LogP contribution in [0.4, 0.5) is 0 Å². The van der Waals surface area contributed by atoms with Gasteiger partial charge in [-0.15, -0.1) is 0 Å². The van der Waals surface area contributed by atoms with Crippen LogP contribution in [-0.2, 0) is 0 Å². The summed E-state index contributed by atoms with van der Waals surface area (Å²) in [5.74, 6) is 1.89. The van der Waals surface area contributed by atoms with Gasteiger partial charge in [0.15, 0.2) is 0 Å². The quantitative estimate of drug-likeness (QED) is 0.859. The summed E-state index contributed by atoms with van der Waals surface area (Å²) >= 11 is 0. The van der Waals surface area contributed by atoms with Gasteiger partial charge in [-0.2, -0.15) is 0 Å². The molecule has 3 aliphatic heterocycles. The Balaban J connectivity index is 1.44. The van der Waals surface area contributed by atoms with Crippen LogP contribution < -0.4 is 5.32 Å². The Morgan fingerprint density at radius 3 is 2.52 bits per heavy atom. The minimum atomic E-state index is 0.832. The zero-order chi connectivity index (χ0) is 14.5. The predicted octanol–water partition coefficient (Wildman–Crippen LogP) is 2.57. The molecule has 3 saturated heterocycles. The maximum atomic E-state index is 3.49. The van der Waals surface area contributed by atoms with Gasteiger partial charge in [0.2, 0.25) is 0 Å². The zero-order valence-electron chi connectivity index (χ0n) is 14.0. The molecule has 122 valence electrons. The molecule has 3 heteroatoms. The molecule has 3 nitrogen and oxygen atoms in total. The molecule has 3 aliphatic rings. The van der Waals surface area contributed by atoms with Crippen molar-refractivity contribution < 1.29 is 0 Å². The lowest BCUT2D eigenvalue weighted by atomic mass is 9.92. The highest BCUT2D eigenvalue weighted by atomic mass is 15.2. The molecule has 0 radical (unpaired) electrons. The number of nitrogens with zero attached hydrogens (tertiary/aromatic N) is 2. The van der Waals surface area contributed by atoms with Crippen molar-refractivity contribution in [1.82, 2.24) is 15.1 Å². The monoisotopic (exact) mass is 293 g/mol. The van der Waals surface area contributed by atoms with E-state index < -0.39 is 0 Å². The van der Waals surface area contributed by atoms with Crippen LogP contribution in [-0.4, -0.2) is 61.7 Å². The molecule has 21 heavy (non-hydrogen) atoms. The number of hydrogen-bond acceptors (Lipinski definition) is 3. The van der Waals surface area contributed by atoms with Crippen LogP contribution in [0.25, 0.3) is 0 Å². The minimum Gasteiger partial charge on any atom is -0.317 e. The summed E-state index contributed by atoms with van der Waals surface area (Å²) in [5.41, 5.74) is 0. The molecule has 1 N–H and O–H groups in total. The molecule has 0 saturated carbocycles. The van der Waals surface area contributed by atoms with E-state index in [0.29, 0.717) is 0 Å². The van der Waals surface area contributed by atoms with Crippen molar-refractivity contribution in [3.05, 3.63) is 0 Å². The van der Waals surface area contributed by atoms with Crippen molar-refractivity contribution >= 4 is 0 Å². The second-order valence-electron chi connectivity index (χ2n) is 7.80. The van der Waals surface area contributed by atoms with Gasteiger partial charge in [-0.05, 0) is 83.5 Å². The Labute approximate surface area is 131 Å². The van der Waals surface area contributed by atoms with Gasteiger partial charge in [-0.3, -0.25) is 0 Å². The van der Waals surface area contributed by atoms with E-state index in [1.165, 1.54) is 90.8 Å². The van der Waals surface area contributed by atoms with E-state index in [1.54, 1.807) is 0 Å². The average Bonchev–Trinajstić information content (AvgIpc) is 2.51. The first-order valence-electron chi connectivity index (χ1n) is 9.48. The highest BCUT2D eigenvalue weighted by Gasteiger charge is 2.27. The van der Waals surface area contributed by atoms with Gasteiger partial charge in [0, 0.05) is 25.7 Å². The Morgan fingerprint density at radius 1 is 0.857 bits per heavy atom. The van der Waals surface area contributed by atoms with Crippen LogP contribution in [0.15, 0.2) is 0 Å². The first kappa shape index (κ1) is 15.8. The Bertz CT molecular complexity index is 301. The van der Waals surface area contributed by atoms with Gasteiger partial charge < -0.3 is 15.1 Å². The Hall–Kier alpha value is -0.120. The van der Waals surface area contributed by atoms with Crippen molar-refractivity contribution in [1.29, 1.82) is 0 Å². The summed E-state index contributed by atoms with van der Waals surface area (Å²) in [6.45, 7) is 11.7. The average molecular weight is 293 g/mol. The zero-order valence-corrected chi connectivity index (χ0v) is 14.0. The first-order valence-corrected chi connectivity index (χ1v) is 9.48. The fraction of sp³-hybridized carbons (Fsp3) is 1.00. The molecule has 0 amide bonds. The van der Waals surface area contributed by atoms with Crippen LogP contribution >= 0.6 is 0 Å². The summed E-state index contributed by atoms with van der Waals surface area (Å²) in [6.07, 6.45) is 9.98. The van der Waals surface area contributed by atoms with E-state index in [4.69, 9.17) is 0 Å². The van der Waals surface area contributed by atoms with E-state index >= 15 is 0 Å². The number of nitrogens with one attached hydrogen (secondary N) is 1. The van der Waals surface area contributed by atoms with E-state index in [0.717, 1.165) is 17.9 Å². The standard InChI is InChI=1S/C18H35N3/c1-16-5-2-3-12-21(16)15-18-6-4-11-20(14-18)13-17-7-9-19-10-8-17/h16-19H,2-15H2,1H3. The van der Waals surface area contributed by atoms with Crippen LogP contribution in [0.5, 0.6) is 0 Å². The number of rotatable bonds is 4. The predicted molar refractivity (Wildman–Crippen MR) is 89.6 cm³/mol.